The minimum absolute atomic E-state index is 0.0173. The molecule has 1 amide bonds. The van der Waals surface area contributed by atoms with Crippen LogP contribution < -0.4 is 10.1 Å². The number of fused-ring (bicyclic) bond motifs is 1. The highest BCUT2D eigenvalue weighted by molar-refractivity contribution is 7.86. The van der Waals surface area contributed by atoms with E-state index in [2.05, 4.69) is 15.5 Å². The molecule has 0 heterocycles. The molecule has 3 N–H and O–H groups in total. The van der Waals surface area contributed by atoms with E-state index in [9.17, 15) is 22.9 Å². The predicted octanol–water partition coefficient (Wildman–Crippen LogP) is 7.47. The Bertz CT molecular complexity index is 1710. The number of carbonyl (C=O) groups excluding carboxylic acids is 1. The summed E-state index contributed by atoms with van der Waals surface area (Å²) in [6, 6.07) is 15.6. The van der Waals surface area contributed by atoms with Gasteiger partial charge in [-0.2, -0.15) is 13.5 Å². The number of phenols is 1. The summed E-state index contributed by atoms with van der Waals surface area (Å²) in [5.74, 6) is -0.567. The molecule has 0 bridgehead atoms. The van der Waals surface area contributed by atoms with Gasteiger partial charge in [0.05, 0.1) is 22.9 Å². The second kappa shape index (κ2) is 11.0. The number of amides is 1. The monoisotopic (exact) mass is 573 g/mol. The van der Waals surface area contributed by atoms with Crippen LogP contribution in [0.2, 0.25) is 10.0 Å². The molecule has 0 spiro atoms. The Labute approximate surface area is 228 Å². The second-order valence-corrected chi connectivity index (χ2v) is 10.4. The predicted molar refractivity (Wildman–Crippen MR) is 146 cm³/mol. The Morgan fingerprint density at radius 1 is 1.05 bits per heavy atom. The highest BCUT2D eigenvalue weighted by Crippen LogP contribution is 2.40. The molecule has 0 saturated heterocycles. The van der Waals surface area contributed by atoms with E-state index >= 15 is 0 Å². The summed E-state index contributed by atoms with van der Waals surface area (Å²) in [6.07, 6.45) is 0. The highest BCUT2D eigenvalue weighted by Gasteiger charge is 2.20. The fraction of sp³-hybridized carbons (Fsp3) is 0.115. The first-order valence-electron chi connectivity index (χ1n) is 11.2. The fourth-order valence-corrected chi connectivity index (χ4v) is 5.04. The zero-order valence-corrected chi connectivity index (χ0v) is 22.4. The van der Waals surface area contributed by atoms with E-state index in [4.69, 9.17) is 27.9 Å². The van der Waals surface area contributed by atoms with E-state index < -0.39 is 26.7 Å². The van der Waals surface area contributed by atoms with Crippen LogP contribution in [0.4, 0.5) is 17.1 Å². The van der Waals surface area contributed by atoms with Gasteiger partial charge >= 0.3 is 0 Å². The maximum absolute atomic E-state index is 13.2. The lowest BCUT2D eigenvalue weighted by Crippen LogP contribution is -2.12. The standard InChI is InChI=1S/C26H21Cl2N3O6S/c1-3-37-18-11-16(27)10-17(12-18)29-26(33)20-9-15-6-4-5-7-19(15)24(25(20)32)31-30-22-13-21(28)23(8-14(22)2)38(34,35)36/h4-13,32H,3H2,1-2H3,(H,29,33)(H,34,35,36). The Morgan fingerprint density at radius 2 is 1.79 bits per heavy atom. The van der Waals surface area contributed by atoms with Crippen LogP contribution in [0.5, 0.6) is 11.5 Å². The number of nitrogens with zero attached hydrogens (tertiary/aromatic N) is 2. The summed E-state index contributed by atoms with van der Waals surface area (Å²) in [5.41, 5.74) is 0.874. The fourth-order valence-electron chi connectivity index (χ4n) is 3.73. The zero-order chi connectivity index (χ0) is 27.6. The van der Waals surface area contributed by atoms with E-state index in [0.717, 1.165) is 6.07 Å². The van der Waals surface area contributed by atoms with Crippen LogP contribution in [-0.4, -0.2) is 30.6 Å². The van der Waals surface area contributed by atoms with Gasteiger partial charge < -0.3 is 15.2 Å². The molecule has 4 rings (SSSR count). The number of phenolic OH excluding ortho intramolecular Hbond substituents is 1. The summed E-state index contributed by atoms with van der Waals surface area (Å²) in [7, 11) is -4.53. The van der Waals surface area contributed by atoms with Gasteiger partial charge in [-0.25, -0.2) is 0 Å². The lowest BCUT2D eigenvalue weighted by atomic mass is 10.0. The number of azo groups is 1. The van der Waals surface area contributed by atoms with Crippen molar-refractivity contribution in [2.75, 3.05) is 11.9 Å². The van der Waals surface area contributed by atoms with Crippen molar-refractivity contribution in [3.63, 3.8) is 0 Å². The number of hydrogen-bond acceptors (Lipinski definition) is 7. The molecule has 38 heavy (non-hydrogen) atoms. The first-order chi connectivity index (χ1) is 18.0. The van der Waals surface area contributed by atoms with Crippen molar-refractivity contribution in [1.82, 2.24) is 0 Å². The van der Waals surface area contributed by atoms with Crippen LogP contribution in [0.15, 0.2) is 75.8 Å². The van der Waals surface area contributed by atoms with Gasteiger partial charge in [0.2, 0.25) is 0 Å². The van der Waals surface area contributed by atoms with Crippen molar-refractivity contribution in [3.05, 3.63) is 81.8 Å². The van der Waals surface area contributed by atoms with Crippen LogP contribution in [-0.2, 0) is 10.1 Å². The molecule has 0 aliphatic rings. The number of nitrogens with one attached hydrogen (secondary N) is 1. The van der Waals surface area contributed by atoms with Crippen molar-refractivity contribution in [3.8, 4) is 11.5 Å². The molecule has 0 fully saturated rings. The van der Waals surface area contributed by atoms with Crippen LogP contribution >= 0.6 is 23.2 Å². The molecule has 4 aromatic rings. The van der Waals surface area contributed by atoms with E-state index in [1.165, 1.54) is 12.1 Å². The van der Waals surface area contributed by atoms with Gasteiger partial charge in [0.1, 0.15) is 16.3 Å². The molecule has 0 saturated carbocycles. The molecule has 4 aromatic carbocycles. The highest BCUT2D eigenvalue weighted by atomic mass is 35.5. The smallest absolute Gasteiger partial charge is 0.296 e. The molecule has 0 radical (unpaired) electrons. The number of anilines is 1. The van der Waals surface area contributed by atoms with E-state index in [-0.39, 0.29) is 22.0 Å². The Hall–Kier alpha value is -3.70. The summed E-state index contributed by atoms with van der Waals surface area (Å²) >= 11 is 12.2. The van der Waals surface area contributed by atoms with E-state index in [1.807, 2.05) is 6.92 Å². The number of rotatable bonds is 7. The average Bonchev–Trinajstić information content (AvgIpc) is 2.84. The quantitative estimate of drug-likeness (QED) is 0.155. The topological polar surface area (TPSA) is 138 Å². The van der Waals surface area contributed by atoms with Gasteiger partial charge in [-0.05, 0) is 55.1 Å². The van der Waals surface area contributed by atoms with Crippen molar-refractivity contribution in [2.45, 2.75) is 18.7 Å². The van der Waals surface area contributed by atoms with Gasteiger partial charge in [0.15, 0.2) is 5.75 Å². The first-order valence-corrected chi connectivity index (χ1v) is 13.4. The van der Waals surface area contributed by atoms with Crippen molar-refractivity contribution in [2.24, 2.45) is 10.2 Å². The summed E-state index contributed by atoms with van der Waals surface area (Å²) in [5, 5.41) is 23.3. The van der Waals surface area contributed by atoms with Crippen molar-refractivity contribution >= 4 is 67.1 Å². The molecular formula is C26H21Cl2N3O6S. The molecule has 9 nitrogen and oxygen atoms in total. The van der Waals surface area contributed by atoms with Crippen LogP contribution in [0.3, 0.4) is 0 Å². The lowest BCUT2D eigenvalue weighted by molar-refractivity contribution is 0.102. The number of ether oxygens (including phenoxy) is 1. The molecule has 0 aromatic heterocycles. The first kappa shape index (κ1) is 27.3. The van der Waals surface area contributed by atoms with Crippen molar-refractivity contribution in [1.29, 1.82) is 0 Å². The molecule has 0 aliphatic heterocycles. The Morgan fingerprint density at radius 3 is 2.50 bits per heavy atom. The largest absolute Gasteiger partial charge is 0.505 e. The SMILES string of the molecule is CCOc1cc(Cl)cc(NC(=O)c2cc3ccccc3c(N=Nc3cc(Cl)c(S(=O)(=O)O)cc3C)c2O)c1. The lowest BCUT2D eigenvalue weighted by Gasteiger charge is -2.12. The maximum atomic E-state index is 13.2. The van der Waals surface area contributed by atoms with Crippen LogP contribution in [0, 0.1) is 6.92 Å². The number of benzene rings is 4. The van der Waals surface area contributed by atoms with Crippen molar-refractivity contribution < 1.29 is 27.6 Å². The summed E-state index contributed by atoms with van der Waals surface area (Å²) < 4.78 is 37.8. The summed E-state index contributed by atoms with van der Waals surface area (Å²) in [6.45, 7) is 3.79. The van der Waals surface area contributed by atoms with E-state index in [1.54, 1.807) is 49.4 Å². The number of aromatic hydroxyl groups is 1. The minimum Gasteiger partial charge on any atom is -0.505 e. The van der Waals surface area contributed by atoms with Crippen LogP contribution in [0.25, 0.3) is 10.8 Å². The Balaban J connectivity index is 1.77. The minimum atomic E-state index is -4.53. The van der Waals surface area contributed by atoms with Gasteiger partial charge in [0, 0.05) is 22.2 Å². The molecule has 0 atom stereocenters. The summed E-state index contributed by atoms with van der Waals surface area (Å²) in [4.78, 5) is 12.7. The molecular weight excluding hydrogens is 553 g/mol. The molecule has 0 unspecified atom stereocenters. The van der Waals surface area contributed by atoms with Gasteiger partial charge in [0.25, 0.3) is 16.0 Å². The van der Waals surface area contributed by atoms with Gasteiger partial charge in [-0.1, -0.05) is 47.5 Å². The zero-order valence-electron chi connectivity index (χ0n) is 20.1. The average molecular weight is 574 g/mol. The Kier molecular flexibility index (Phi) is 7.89. The number of halogens is 2. The van der Waals surface area contributed by atoms with Crippen LogP contribution in [0.1, 0.15) is 22.8 Å². The molecule has 12 heteroatoms. The molecule has 196 valence electrons. The number of hydrogen-bond donors (Lipinski definition) is 3. The van der Waals surface area contributed by atoms with E-state index in [0.29, 0.717) is 39.4 Å². The number of carbonyl (C=O) groups is 1. The number of aryl methyl sites for hydroxylation is 1. The third-order valence-corrected chi connectivity index (χ3v) is 7.00. The van der Waals surface area contributed by atoms with Gasteiger partial charge in [-0.3, -0.25) is 9.35 Å². The molecule has 0 aliphatic carbocycles. The van der Waals surface area contributed by atoms with Gasteiger partial charge in [-0.15, -0.1) is 5.11 Å². The maximum Gasteiger partial charge on any atom is 0.296 e. The second-order valence-electron chi connectivity index (χ2n) is 8.15. The normalized spacial score (nSPS) is 11.7. The third kappa shape index (κ3) is 5.89. The third-order valence-electron chi connectivity index (χ3n) is 5.47.